The predicted molar refractivity (Wildman–Crippen MR) is 67.8 cm³/mol. The molecule has 2 unspecified atom stereocenters. The van der Waals surface area contributed by atoms with Gasteiger partial charge in [0.25, 0.3) is 0 Å². The zero-order valence-electron chi connectivity index (χ0n) is 10.2. The van der Waals surface area contributed by atoms with E-state index in [2.05, 4.69) is 18.2 Å². The second kappa shape index (κ2) is 3.33. The van der Waals surface area contributed by atoms with Crippen LogP contribution in [0.4, 0.5) is 0 Å². The molecule has 0 bridgehead atoms. The van der Waals surface area contributed by atoms with Gasteiger partial charge in [0.05, 0.1) is 23.6 Å². The highest BCUT2D eigenvalue weighted by atomic mass is 32.1. The van der Waals surface area contributed by atoms with Gasteiger partial charge in [0.15, 0.2) is 4.96 Å². The topological polar surface area (TPSA) is 26.5 Å². The molecular weight excluding hydrogens is 232 g/mol. The molecule has 90 valence electrons. The van der Waals surface area contributed by atoms with Gasteiger partial charge in [-0.05, 0) is 33.1 Å². The normalized spacial score (nSPS) is 27.4. The molecule has 4 rings (SSSR count). The lowest BCUT2D eigenvalue weighted by atomic mass is 10.1. The minimum atomic E-state index is 0.183. The maximum atomic E-state index is 5.95. The van der Waals surface area contributed by atoms with Gasteiger partial charge in [-0.3, -0.25) is 4.40 Å². The molecule has 1 aliphatic carbocycles. The highest BCUT2D eigenvalue weighted by Gasteiger charge is 2.30. The number of fused-ring (bicyclic) bond motifs is 5. The van der Waals surface area contributed by atoms with Crippen molar-refractivity contribution in [1.82, 2.24) is 9.38 Å². The fourth-order valence-corrected chi connectivity index (χ4v) is 4.47. The highest BCUT2D eigenvalue weighted by molar-refractivity contribution is 7.17. The number of hydrogen-bond acceptors (Lipinski definition) is 3. The van der Waals surface area contributed by atoms with Gasteiger partial charge in [-0.1, -0.05) is 0 Å². The lowest BCUT2D eigenvalue weighted by Gasteiger charge is -2.25. The summed E-state index contributed by atoms with van der Waals surface area (Å²) in [5.41, 5.74) is 4.08. The van der Waals surface area contributed by atoms with E-state index >= 15 is 0 Å². The predicted octanol–water partition coefficient (Wildman–Crippen LogP) is 2.91. The first-order valence-electron chi connectivity index (χ1n) is 6.41. The lowest BCUT2D eigenvalue weighted by Crippen LogP contribution is -2.23. The van der Waals surface area contributed by atoms with Crippen LogP contribution in [-0.4, -0.2) is 15.5 Å². The van der Waals surface area contributed by atoms with E-state index in [4.69, 9.17) is 9.72 Å². The molecule has 1 aliphatic heterocycles. The Kier molecular flexibility index (Phi) is 1.97. The zero-order chi connectivity index (χ0) is 11.6. The Morgan fingerprint density at radius 1 is 1.35 bits per heavy atom. The third kappa shape index (κ3) is 1.28. The van der Waals surface area contributed by atoms with Crippen LogP contribution in [0.1, 0.15) is 48.3 Å². The molecular formula is C13H16N2OS. The molecule has 0 radical (unpaired) electrons. The molecule has 0 saturated carbocycles. The summed E-state index contributed by atoms with van der Waals surface area (Å²) in [7, 11) is 0. The molecule has 2 aliphatic rings. The van der Waals surface area contributed by atoms with E-state index in [1.54, 1.807) is 4.88 Å². The first-order chi connectivity index (χ1) is 8.24. The van der Waals surface area contributed by atoms with Crippen molar-refractivity contribution >= 4 is 16.3 Å². The van der Waals surface area contributed by atoms with E-state index in [0.717, 1.165) is 6.42 Å². The Labute approximate surface area is 104 Å². The fraction of sp³-hybridized carbons (Fsp3) is 0.615. The quantitative estimate of drug-likeness (QED) is 0.716. The van der Waals surface area contributed by atoms with Crippen LogP contribution in [0.5, 0.6) is 0 Å². The van der Waals surface area contributed by atoms with Crippen LogP contribution in [0.25, 0.3) is 4.96 Å². The van der Waals surface area contributed by atoms with Gasteiger partial charge in [0.1, 0.15) is 0 Å². The van der Waals surface area contributed by atoms with Crippen LogP contribution in [0.15, 0.2) is 0 Å². The van der Waals surface area contributed by atoms with Crippen molar-refractivity contribution in [3.8, 4) is 0 Å². The van der Waals surface area contributed by atoms with Crippen molar-refractivity contribution in [2.45, 2.75) is 51.7 Å². The summed E-state index contributed by atoms with van der Waals surface area (Å²) in [6.45, 7) is 4.29. The Morgan fingerprint density at radius 2 is 2.24 bits per heavy atom. The third-order valence-corrected chi connectivity index (χ3v) is 5.03. The summed E-state index contributed by atoms with van der Waals surface area (Å²) < 4.78 is 8.34. The van der Waals surface area contributed by atoms with Crippen molar-refractivity contribution in [1.29, 1.82) is 0 Å². The summed E-state index contributed by atoms with van der Waals surface area (Å²) in [6, 6.07) is 0. The summed E-state index contributed by atoms with van der Waals surface area (Å²) in [4.78, 5) is 7.55. The first-order valence-corrected chi connectivity index (χ1v) is 7.23. The second-order valence-electron chi connectivity index (χ2n) is 5.18. The van der Waals surface area contributed by atoms with E-state index < -0.39 is 0 Å². The molecule has 0 saturated heterocycles. The molecule has 3 nitrogen and oxygen atoms in total. The van der Waals surface area contributed by atoms with Crippen LogP contribution in [0.3, 0.4) is 0 Å². The summed E-state index contributed by atoms with van der Waals surface area (Å²) >= 11 is 1.88. The summed E-state index contributed by atoms with van der Waals surface area (Å²) in [6.07, 6.45) is 5.20. The maximum Gasteiger partial charge on any atom is 0.194 e. The van der Waals surface area contributed by atoms with Crippen LogP contribution in [0.2, 0.25) is 0 Å². The minimum absolute atomic E-state index is 0.183. The van der Waals surface area contributed by atoms with Crippen LogP contribution < -0.4 is 0 Å². The Morgan fingerprint density at radius 3 is 3.12 bits per heavy atom. The average molecular weight is 248 g/mol. The number of rotatable bonds is 0. The monoisotopic (exact) mass is 248 g/mol. The average Bonchev–Trinajstić information content (AvgIpc) is 2.85. The van der Waals surface area contributed by atoms with Crippen molar-refractivity contribution < 1.29 is 4.74 Å². The van der Waals surface area contributed by atoms with E-state index in [9.17, 15) is 0 Å². The number of nitrogens with zero attached hydrogens (tertiary/aromatic N) is 2. The summed E-state index contributed by atoms with van der Waals surface area (Å²) in [5, 5.41) is 0. The fourth-order valence-electron chi connectivity index (χ4n) is 3.24. The smallest absolute Gasteiger partial charge is 0.194 e. The van der Waals surface area contributed by atoms with Crippen LogP contribution >= 0.6 is 11.3 Å². The molecule has 0 spiro atoms. The molecule has 0 amide bonds. The number of ether oxygens (including phenoxy) is 1. The lowest BCUT2D eigenvalue weighted by molar-refractivity contribution is -0.00841. The van der Waals surface area contributed by atoms with Gasteiger partial charge < -0.3 is 4.74 Å². The van der Waals surface area contributed by atoms with E-state index in [1.165, 1.54) is 41.3 Å². The standard InChI is InChI=1S/C13H16N2OS/c1-7-6-9-12(8(2)16-7)15-10-4-3-5-11(10)17-13(15)14-9/h7-8H,3-6H2,1-2H3. The number of aromatic nitrogens is 2. The maximum absolute atomic E-state index is 5.95. The van der Waals surface area contributed by atoms with Crippen molar-refractivity contribution in [3.63, 3.8) is 0 Å². The molecule has 0 fully saturated rings. The van der Waals surface area contributed by atoms with Crippen molar-refractivity contribution in [2.24, 2.45) is 0 Å². The molecule has 3 heterocycles. The van der Waals surface area contributed by atoms with Crippen molar-refractivity contribution in [3.05, 3.63) is 22.0 Å². The Balaban J connectivity index is 2.00. The van der Waals surface area contributed by atoms with Gasteiger partial charge in [-0.25, -0.2) is 4.98 Å². The van der Waals surface area contributed by atoms with E-state index in [0.29, 0.717) is 6.10 Å². The summed E-state index contributed by atoms with van der Waals surface area (Å²) in [5.74, 6) is 0. The van der Waals surface area contributed by atoms with Crippen molar-refractivity contribution in [2.75, 3.05) is 0 Å². The highest BCUT2D eigenvalue weighted by Crippen LogP contribution is 2.37. The van der Waals surface area contributed by atoms with Gasteiger partial charge in [0.2, 0.25) is 0 Å². The van der Waals surface area contributed by atoms with Crippen LogP contribution in [-0.2, 0) is 24.0 Å². The molecule has 0 aromatic carbocycles. The largest absolute Gasteiger partial charge is 0.369 e. The molecule has 2 aromatic rings. The van der Waals surface area contributed by atoms with Gasteiger partial charge in [-0.2, -0.15) is 0 Å². The number of thiazole rings is 1. The molecule has 4 heteroatoms. The number of hydrogen-bond donors (Lipinski definition) is 0. The first kappa shape index (κ1) is 10.1. The Bertz CT molecular complexity index is 598. The SMILES string of the molecule is CC1Cc2nc3sc4c(n3c2C(C)O1)CCC4. The molecule has 2 atom stereocenters. The van der Waals surface area contributed by atoms with Gasteiger partial charge >= 0.3 is 0 Å². The minimum Gasteiger partial charge on any atom is -0.369 e. The Hall–Kier alpha value is -0.870. The zero-order valence-corrected chi connectivity index (χ0v) is 11.0. The van der Waals surface area contributed by atoms with Gasteiger partial charge in [0, 0.05) is 17.0 Å². The number of aryl methyl sites for hydroxylation is 2. The molecule has 2 aromatic heterocycles. The second-order valence-corrected chi connectivity index (χ2v) is 6.24. The number of imidazole rings is 1. The molecule has 17 heavy (non-hydrogen) atoms. The van der Waals surface area contributed by atoms with Crippen LogP contribution in [0, 0.1) is 0 Å². The third-order valence-electron chi connectivity index (χ3n) is 3.88. The van der Waals surface area contributed by atoms with Gasteiger partial charge in [-0.15, -0.1) is 11.3 Å². The molecule has 0 N–H and O–H groups in total. The van der Waals surface area contributed by atoms with E-state index in [1.807, 2.05) is 11.3 Å². The van der Waals surface area contributed by atoms with E-state index in [-0.39, 0.29) is 6.10 Å².